The Morgan fingerprint density at radius 1 is 1.35 bits per heavy atom. The van der Waals surface area contributed by atoms with Crippen LogP contribution >= 0.6 is 0 Å². The summed E-state index contributed by atoms with van der Waals surface area (Å²) in [6.45, 7) is 8.82. The summed E-state index contributed by atoms with van der Waals surface area (Å²) in [5.41, 5.74) is 0.488. The lowest BCUT2D eigenvalue weighted by Crippen LogP contribution is -2.37. The zero-order valence-corrected chi connectivity index (χ0v) is 13.3. The number of nitrogens with one attached hydrogen (secondary N) is 2. The molecule has 0 fully saturated rings. The fraction of sp³-hybridized carbons (Fsp3) is 0.615. The van der Waals surface area contributed by atoms with Crippen LogP contribution in [0.4, 0.5) is 0 Å². The van der Waals surface area contributed by atoms with Crippen molar-refractivity contribution in [2.75, 3.05) is 0 Å². The van der Waals surface area contributed by atoms with E-state index < -0.39 is 16.0 Å². The Morgan fingerprint density at radius 2 is 1.90 bits per heavy atom. The van der Waals surface area contributed by atoms with E-state index in [2.05, 4.69) is 9.71 Å². The number of aryl methyl sites for hydroxylation is 1. The van der Waals surface area contributed by atoms with Gasteiger partial charge in [0.1, 0.15) is 10.6 Å². The van der Waals surface area contributed by atoms with Gasteiger partial charge in [0.15, 0.2) is 0 Å². The molecule has 0 aromatic carbocycles. The molecule has 0 radical (unpaired) electrons. The summed E-state index contributed by atoms with van der Waals surface area (Å²) in [5.74, 6) is -0.967. The van der Waals surface area contributed by atoms with Gasteiger partial charge in [0.05, 0.1) is 0 Å². The highest BCUT2D eigenvalue weighted by Gasteiger charge is 2.28. The van der Waals surface area contributed by atoms with Gasteiger partial charge in [-0.25, -0.2) is 17.9 Å². The highest BCUT2D eigenvalue weighted by atomic mass is 32.2. The Labute approximate surface area is 119 Å². The zero-order valence-electron chi connectivity index (χ0n) is 12.4. The minimum absolute atomic E-state index is 0.0325. The fourth-order valence-corrected chi connectivity index (χ4v) is 3.92. The average molecular weight is 302 g/mol. The molecule has 0 bridgehead atoms. The topological polar surface area (TPSA) is 99.3 Å². The molecule has 114 valence electrons. The third kappa shape index (κ3) is 3.21. The van der Waals surface area contributed by atoms with Crippen LogP contribution in [0.5, 0.6) is 0 Å². The molecule has 1 rings (SSSR count). The number of aromatic amines is 1. The maximum Gasteiger partial charge on any atom is 0.352 e. The van der Waals surface area contributed by atoms with E-state index in [1.54, 1.807) is 13.8 Å². The molecule has 0 saturated heterocycles. The van der Waals surface area contributed by atoms with Gasteiger partial charge >= 0.3 is 5.97 Å². The molecule has 6 nitrogen and oxygen atoms in total. The van der Waals surface area contributed by atoms with Gasteiger partial charge in [0, 0.05) is 17.3 Å². The van der Waals surface area contributed by atoms with Gasteiger partial charge in [-0.2, -0.15) is 0 Å². The molecule has 20 heavy (non-hydrogen) atoms. The number of hydrogen-bond acceptors (Lipinski definition) is 3. The standard InChI is InChI=1S/C13H22N2O4S/c1-6-7(2)9(4)15-20(18,19)12-8(3)11(13(16)17)14-10(12)5/h7,9,14-15H,6H2,1-5H3,(H,16,17). The molecule has 2 atom stereocenters. The Kier molecular flexibility index (Phi) is 4.99. The van der Waals surface area contributed by atoms with Crippen LogP contribution < -0.4 is 4.72 Å². The summed E-state index contributed by atoms with van der Waals surface area (Å²) in [6.07, 6.45) is 0.856. The Balaban J connectivity index is 3.20. The van der Waals surface area contributed by atoms with Crippen molar-refractivity contribution in [2.45, 2.75) is 52.0 Å². The van der Waals surface area contributed by atoms with E-state index in [1.807, 2.05) is 13.8 Å². The van der Waals surface area contributed by atoms with E-state index in [0.29, 0.717) is 5.69 Å². The second kappa shape index (κ2) is 5.97. The Hall–Kier alpha value is -1.34. The van der Waals surface area contributed by atoms with E-state index in [0.717, 1.165) is 6.42 Å². The van der Waals surface area contributed by atoms with Gasteiger partial charge in [-0.3, -0.25) is 0 Å². The molecule has 0 amide bonds. The van der Waals surface area contributed by atoms with Crippen molar-refractivity contribution >= 4 is 16.0 Å². The van der Waals surface area contributed by atoms with Crippen LogP contribution in [-0.2, 0) is 10.0 Å². The largest absolute Gasteiger partial charge is 0.477 e. The average Bonchev–Trinajstić information content (AvgIpc) is 2.63. The number of aromatic nitrogens is 1. The monoisotopic (exact) mass is 302 g/mol. The third-order valence-corrected chi connectivity index (χ3v) is 5.52. The van der Waals surface area contributed by atoms with Crippen LogP contribution in [0.3, 0.4) is 0 Å². The Morgan fingerprint density at radius 3 is 2.30 bits per heavy atom. The second-order valence-electron chi connectivity index (χ2n) is 5.18. The van der Waals surface area contributed by atoms with Gasteiger partial charge in [0.25, 0.3) is 0 Å². The van der Waals surface area contributed by atoms with Gasteiger partial charge in [-0.15, -0.1) is 0 Å². The molecular weight excluding hydrogens is 280 g/mol. The number of rotatable bonds is 6. The van der Waals surface area contributed by atoms with E-state index in [1.165, 1.54) is 6.92 Å². The molecule has 2 unspecified atom stereocenters. The van der Waals surface area contributed by atoms with E-state index in [4.69, 9.17) is 5.11 Å². The maximum atomic E-state index is 12.4. The zero-order chi connectivity index (χ0) is 15.7. The fourth-order valence-electron chi connectivity index (χ4n) is 2.12. The van der Waals surface area contributed by atoms with Gasteiger partial charge in [0.2, 0.25) is 10.0 Å². The van der Waals surface area contributed by atoms with Crippen molar-refractivity contribution in [1.29, 1.82) is 0 Å². The summed E-state index contributed by atoms with van der Waals surface area (Å²) < 4.78 is 27.4. The smallest absolute Gasteiger partial charge is 0.352 e. The normalized spacial score (nSPS) is 15.1. The lowest BCUT2D eigenvalue weighted by molar-refractivity contribution is 0.0690. The van der Waals surface area contributed by atoms with E-state index in [-0.39, 0.29) is 28.1 Å². The first-order valence-corrected chi connectivity index (χ1v) is 8.04. The summed E-state index contributed by atoms with van der Waals surface area (Å²) >= 11 is 0. The number of aromatic carboxylic acids is 1. The summed E-state index contributed by atoms with van der Waals surface area (Å²) in [6, 6.07) is -0.216. The summed E-state index contributed by atoms with van der Waals surface area (Å²) in [7, 11) is -3.73. The first-order valence-electron chi connectivity index (χ1n) is 6.56. The summed E-state index contributed by atoms with van der Waals surface area (Å²) in [4.78, 5) is 13.7. The van der Waals surface area contributed by atoms with Crippen molar-refractivity contribution in [3.63, 3.8) is 0 Å². The highest BCUT2D eigenvalue weighted by Crippen LogP contribution is 2.24. The lowest BCUT2D eigenvalue weighted by atomic mass is 10.0. The number of H-pyrrole nitrogens is 1. The molecule has 0 spiro atoms. The van der Waals surface area contributed by atoms with Crippen molar-refractivity contribution < 1.29 is 18.3 Å². The molecule has 0 aliphatic rings. The first-order chi connectivity index (χ1) is 9.11. The van der Waals surface area contributed by atoms with Crippen LogP contribution in [0, 0.1) is 19.8 Å². The van der Waals surface area contributed by atoms with E-state index >= 15 is 0 Å². The predicted octanol–water partition coefficient (Wildman–Crippen LogP) is 2.04. The van der Waals surface area contributed by atoms with Crippen molar-refractivity contribution in [1.82, 2.24) is 9.71 Å². The molecule has 0 aliphatic carbocycles. The molecule has 0 aliphatic heterocycles. The highest BCUT2D eigenvalue weighted by molar-refractivity contribution is 7.89. The van der Waals surface area contributed by atoms with Crippen molar-refractivity contribution in [3.8, 4) is 0 Å². The number of hydrogen-bond donors (Lipinski definition) is 3. The molecule has 1 aromatic rings. The number of sulfonamides is 1. The van der Waals surface area contributed by atoms with Crippen LogP contribution in [0.2, 0.25) is 0 Å². The van der Waals surface area contributed by atoms with Gasteiger partial charge < -0.3 is 10.1 Å². The number of carboxylic acids is 1. The SMILES string of the molecule is CCC(C)C(C)NS(=O)(=O)c1c(C)[nH]c(C(=O)O)c1C. The second-order valence-corrected chi connectivity index (χ2v) is 6.83. The minimum Gasteiger partial charge on any atom is -0.477 e. The molecular formula is C13H22N2O4S. The quantitative estimate of drug-likeness (QED) is 0.748. The van der Waals surface area contributed by atoms with Crippen molar-refractivity contribution in [3.05, 3.63) is 17.0 Å². The predicted molar refractivity (Wildman–Crippen MR) is 76.5 cm³/mol. The lowest BCUT2D eigenvalue weighted by Gasteiger charge is -2.20. The van der Waals surface area contributed by atoms with Crippen LogP contribution in [0.25, 0.3) is 0 Å². The first kappa shape index (κ1) is 16.7. The number of carbonyl (C=O) groups is 1. The molecule has 1 aromatic heterocycles. The van der Waals surface area contributed by atoms with Crippen molar-refractivity contribution in [2.24, 2.45) is 5.92 Å². The third-order valence-electron chi connectivity index (χ3n) is 3.69. The van der Waals surface area contributed by atoms with E-state index in [9.17, 15) is 13.2 Å². The Bertz CT molecular complexity index is 604. The van der Waals surface area contributed by atoms with Crippen LogP contribution in [-0.4, -0.2) is 30.5 Å². The minimum atomic E-state index is -3.73. The van der Waals surface area contributed by atoms with Crippen LogP contribution in [0.1, 0.15) is 48.9 Å². The van der Waals surface area contributed by atoms with Gasteiger partial charge in [-0.05, 0) is 26.7 Å². The molecule has 1 heterocycles. The number of carboxylic acid groups (broad SMARTS) is 1. The van der Waals surface area contributed by atoms with Gasteiger partial charge in [-0.1, -0.05) is 20.3 Å². The molecule has 0 saturated carbocycles. The molecule has 7 heteroatoms. The maximum absolute atomic E-state index is 12.4. The van der Waals surface area contributed by atoms with Crippen LogP contribution in [0.15, 0.2) is 4.90 Å². The molecule has 3 N–H and O–H groups in total. The summed E-state index contributed by atoms with van der Waals surface area (Å²) in [5, 5.41) is 9.03.